The SMILES string of the molecule is CC(C)[C@@H]1CN(c2cc(C3CC3)c3c(c2C#N)CC(C)(C)OC3)CCN1C(=O)CCOc1ccccc1. The summed E-state index contributed by atoms with van der Waals surface area (Å²) in [5, 5.41) is 10.3. The lowest BCUT2D eigenvalue weighted by molar-refractivity contribution is -0.135. The van der Waals surface area contributed by atoms with Crippen LogP contribution in [-0.2, 0) is 22.6 Å². The highest BCUT2D eigenvalue weighted by atomic mass is 16.5. The van der Waals surface area contributed by atoms with E-state index in [0.717, 1.165) is 36.5 Å². The van der Waals surface area contributed by atoms with Gasteiger partial charge in [-0.2, -0.15) is 5.26 Å². The topological polar surface area (TPSA) is 65.8 Å². The Labute approximate surface area is 221 Å². The highest BCUT2D eigenvalue weighted by Gasteiger charge is 2.38. The molecule has 1 saturated carbocycles. The van der Waals surface area contributed by atoms with E-state index in [4.69, 9.17) is 9.47 Å². The number of hydrogen-bond acceptors (Lipinski definition) is 5. The molecule has 0 N–H and O–H groups in total. The summed E-state index contributed by atoms with van der Waals surface area (Å²) in [4.78, 5) is 17.6. The Morgan fingerprint density at radius 1 is 1.19 bits per heavy atom. The minimum absolute atomic E-state index is 0.0877. The van der Waals surface area contributed by atoms with Crippen LogP contribution in [0, 0.1) is 17.2 Å². The van der Waals surface area contributed by atoms with Gasteiger partial charge in [-0.25, -0.2) is 0 Å². The van der Waals surface area contributed by atoms with Crippen molar-refractivity contribution in [2.75, 3.05) is 31.1 Å². The van der Waals surface area contributed by atoms with Gasteiger partial charge in [-0.3, -0.25) is 4.79 Å². The predicted octanol–water partition coefficient (Wildman–Crippen LogP) is 5.43. The Morgan fingerprint density at radius 2 is 1.95 bits per heavy atom. The van der Waals surface area contributed by atoms with Gasteiger partial charge in [0.05, 0.1) is 42.5 Å². The average molecular weight is 502 g/mol. The zero-order valence-corrected chi connectivity index (χ0v) is 22.6. The first-order valence-corrected chi connectivity index (χ1v) is 13.7. The van der Waals surface area contributed by atoms with E-state index in [1.54, 1.807) is 0 Å². The lowest BCUT2D eigenvalue weighted by Gasteiger charge is -2.45. The van der Waals surface area contributed by atoms with Crippen LogP contribution in [0.5, 0.6) is 5.75 Å². The van der Waals surface area contributed by atoms with Crippen LogP contribution in [0.3, 0.4) is 0 Å². The summed E-state index contributed by atoms with van der Waals surface area (Å²) >= 11 is 0. The van der Waals surface area contributed by atoms with Crippen molar-refractivity contribution in [2.45, 2.75) is 77.5 Å². The molecule has 5 rings (SSSR count). The van der Waals surface area contributed by atoms with Gasteiger partial charge in [0.2, 0.25) is 5.91 Å². The number of ether oxygens (including phenoxy) is 2. The van der Waals surface area contributed by atoms with Crippen molar-refractivity contribution < 1.29 is 14.3 Å². The molecule has 196 valence electrons. The van der Waals surface area contributed by atoms with Crippen molar-refractivity contribution in [3.63, 3.8) is 0 Å². The molecule has 6 heteroatoms. The highest BCUT2D eigenvalue weighted by Crippen LogP contribution is 2.47. The van der Waals surface area contributed by atoms with Crippen molar-refractivity contribution in [3.05, 3.63) is 58.7 Å². The van der Waals surface area contributed by atoms with E-state index in [1.807, 2.05) is 35.2 Å². The normalized spacial score (nSPS) is 20.9. The summed E-state index contributed by atoms with van der Waals surface area (Å²) in [5.74, 6) is 1.81. The van der Waals surface area contributed by atoms with Gasteiger partial charge in [0.15, 0.2) is 0 Å². The molecule has 2 aliphatic heterocycles. The van der Waals surface area contributed by atoms with E-state index < -0.39 is 0 Å². The minimum atomic E-state index is -0.272. The molecule has 37 heavy (non-hydrogen) atoms. The molecule has 0 bridgehead atoms. The molecule has 0 spiro atoms. The Balaban J connectivity index is 1.36. The molecular weight excluding hydrogens is 462 g/mol. The van der Waals surface area contributed by atoms with Gasteiger partial charge in [0, 0.05) is 26.1 Å². The van der Waals surface area contributed by atoms with Crippen LogP contribution in [-0.4, -0.2) is 48.7 Å². The third-order valence-corrected chi connectivity index (χ3v) is 8.08. The number of fused-ring (bicyclic) bond motifs is 1. The van der Waals surface area contributed by atoms with Gasteiger partial charge in [-0.15, -0.1) is 0 Å². The zero-order valence-electron chi connectivity index (χ0n) is 22.6. The third-order valence-electron chi connectivity index (χ3n) is 8.08. The molecule has 2 aromatic carbocycles. The summed E-state index contributed by atoms with van der Waals surface area (Å²) in [6.45, 7) is 11.7. The minimum Gasteiger partial charge on any atom is -0.493 e. The maximum atomic E-state index is 13.2. The Bertz CT molecular complexity index is 1180. The third kappa shape index (κ3) is 5.48. The van der Waals surface area contributed by atoms with Crippen molar-refractivity contribution in [2.24, 2.45) is 5.92 Å². The number of carbonyl (C=O) groups is 1. The summed E-state index contributed by atoms with van der Waals surface area (Å²) < 4.78 is 12.0. The van der Waals surface area contributed by atoms with Crippen LogP contribution in [0.2, 0.25) is 0 Å². The maximum Gasteiger partial charge on any atom is 0.226 e. The van der Waals surface area contributed by atoms with Crippen molar-refractivity contribution in [3.8, 4) is 11.8 Å². The van der Waals surface area contributed by atoms with Crippen LogP contribution in [0.15, 0.2) is 36.4 Å². The van der Waals surface area contributed by atoms with Crippen LogP contribution in [0.4, 0.5) is 5.69 Å². The molecule has 1 saturated heterocycles. The Kier molecular flexibility index (Phi) is 7.18. The van der Waals surface area contributed by atoms with Gasteiger partial charge in [-0.05, 0) is 73.4 Å². The molecule has 2 aromatic rings. The summed E-state index contributed by atoms with van der Waals surface area (Å²) in [6.07, 6.45) is 3.54. The molecular formula is C31H39N3O3. The Morgan fingerprint density at radius 3 is 2.62 bits per heavy atom. The fourth-order valence-electron chi connectivity index (χ4n) is 5.85. The number of amides is 1. The van der Waals surface area contributed by atoms with E-state index >= 15 is 0 Å². The van der Waals surface area contributed by atoms with Gasteiger partial charge < -0.3 is 19.3 Å². The first-order valence-electron chi connectivity index (χ1n) is 13.7. The average Bonchev–Trinajstić information content (AvgIpc) is 3.73. The van der Waals surface area contributed by atoms with Crippen molar-refractivity contribution >= 4 is 11.6 Å². The molecule has 0 aromatic heterocycles. The van der Waals surface area contributed by atoms with E-state index in [1.165, 1.54) is 29.5 Å². The number of anilines is 1. The van der Waals surface area contributed by atoms with Crippen molar-refractivity contribution in [1.29, 1.82) is 5.26 Å². The van der Waals surface area contributed by atoms with E-state index in [9.17, 15) is 10.1 Å². The van der Waals surface area contributed by atoms with E-state index in [2.05, 4.69) is 44.7 Å². The maximum absolute atomic E-state index is 13.2. The van der Waals surface area contributed by atoms with Crippen LogP contribution >= 0.6 is 0 Å². The number of nitriles is 1. The summed E-state index contributed by atoms with van der Waals surface area (Å²) in [5.41, 5.74) is 5.37. The lowest BCUT2D eigenvalue weighted by Crippen LogP contribution is -2.57. The van der Waals surface area contributed by atoms with E-state index in [-0.39, 0.29) is 17.6 Å². The molecule has 2 fully saturated rings. The number of nitrogens with zero attached hydrogens (tertiary/aromatic N) is 3. The summed E-state index contributed by atoms with van der Waals surface area (Å²) in [6, 6.07) is 14.6. The molecule has 0 unspecified atom stereocenters. The second-order valence-electron chi connectivity index (χ2n) is 11.7. The fraction of sp³-hybridized carbons (Fsp3) is 0.548. The zero-order chi connectivity index (χ0) is 26.2. The predicted molar refractivity (Wildman–Crippen MR) is 145 cm³/mol. The quantitative estimate of drug-likeness (QED) is 0.506. The number of carbonyl (C=O) groups excluding carboxylic acids is 1. The molecule has 1 aliphatic carbocycles. The molecule has 1 amide bonds. The van der Waals surface area contributed by atoms with Gasteiger partial charge in [0.25, 0.3) is 0 Å². The number of benzene rings is 2. The van der Waals surface area contributed by atoms with Gasteiger partial charge in [0.1, 0.15) is 11.8 Å². The van der Waals surface area contributed by atoms with Crippen LogP contribution in [0.25, 0.3) is 0 Å². The van der Waals surface area contributed by atoms with Gasteiger partial charge in [-0.1, -0.05) is 32.0 Å². The second kappa shape index (κ2) is 10.4. The van der Waals surface area contributed by atoms with Crippen LogP contribution < -0.4 is 9.64 Å². The fourth-order valence-corrected chi connectivity index (χ4v) is 5.85. The van der Waals surface area contributed by atoms with Gasteiger partial charge >= 0.3 is 0 Å². The second-order valence-corrected chi connectivity index (χ2v) is 11.7. The Hall–Kier alpha value is -3.04. The molecule has 0 radical (unpaired) electrons. The van der Waals surface area contributed by atoms with E-state index in [0.29, 0.717) is 38.0 Å². The first-order chi connectivity index (χ1) is 17.8. The standard InChI is InChI=1S/C31H39N3O3/c1-21(2)29-19-33(13-14-34(29)30(35)12-15-36-23-8-6-5-7-9-23)28-16-24(22-10-11-22)27-20-37-31(3,4)17-25(27)26(28)18-32/h5-9,16,21-22,29H,10-15,17,19-20H2,1-4H3/t29-/m0/s1. The number of hydrogen-bond donors (Lipinski definition) is 0. The molecule has 2 heterocycles. The largest absolute Gasteiger partial charge is 0.493 e. The summed E-state index contributed by atoms with van der Waals surface area (Å²) in [7, 11) is 0. The van der Waals surface area contributed by atoms with Crippen LogP contribution in [0.1, 0.15) is 75.1 Å². The monoisotopic (exact) mass is 501 g/mol. The lowest BCUT2D eigenvalue weighted by atomic mass is 9.83. The smallest absolute Gasteiger partial charge is 0.226 e. The molecule has 6 nitrogen and oxygen atoms in total. The van der Waals surface area contributed by atoms with Crippen molar-refractivity contribution in [1.82, 2.24) is 4.90 Å². The molecule has 1 atom stereocenters. The number of rotatable bonds is 7. The molecule has 3 aliphatic rings. The number of para-hydroxylation sites is 1. The number of piperazine rings is 1. The highest BCUT2D eigenvalue weighted by molar-refractivity contribution is 5.77. The first kappa shape index (κ1) is 25.6.